The first-order valence-electron chi connectivity index (χ1n) is 14.5. The van der Waals surface area contributed by atoms with E-state index in [1.165, 1.54) is 11.1 Å². The lowest BCUT2D eigenvalue weighted by Gasteiger charge is -2.38. The number of carbonyl (C=O) groups excluding carboxylic acids is 1. The van der Waals surface area contributed by atoms with Gasteiger partial charge in [0.2, 0.25) is 0 Å². The number of urea groups is 1. The van der Waals surface area contributed by atoms with Gasteiger partial charge in [0.1, 0.15) is 0 Å². The van der Waals surface area contributed by atoms with Crippen molar-refractivity contribution in [2.24, 2.45) is 0 Å². The number of aliphatic hydroxyl groups excluding tert-OH is 1. The topological polar surface area (TPSA) is 83.1 Å². The zero-order valence-electron chi connectivity index (χ0n) is 24.0. The Balaban J connectivity index is 1.40. The second kappa shape index (κ2) is 14.8. The van der Waals surface area contributed by atoms with Crippen molar-refractivity contribution in [1.82, 2.24) is 10.2 Å². The second-order valence-corrected chi connectivity index (χ2v) is 10.6. The minimum atomic E-state index is -0.613. The second-order valence-electron chi connectivity index (χ2n) is 10.6. The fourth-order valence-corrected chi connectivity index (χ4v) is 5.29. The number of aliphatic hydroxyl groups is 1. The van der Waals surface area contributed by atoms with Gasteiger partial charge in [-0.1, -0.05) is 97.1 Å². The first-order chi connectivity index (χ1) is 20.6. The summed E-state index contributed by atoms with van der Waals surface area (Å²) in [5.41, 5.74) is 5.91. The van der Waals surface area contributed by atoms with Crippen LogP contribution in [0.1, 0.15) is 53.6 Å². The van der Waals surface area contributed by atoms with Crippen LogP contribution in [-0.4, -0.2) is 35.2 Å². The van der Waals surface area contributed by atoms with E-state index in [1.54, 1.807) is 0 Å². The van der Waals surface area contributed by atoms with Crippen LogP contribution < -0.4 is 10.6 Å². The van der Waals surface area contributed by atoms with Crippen LogP contribution in [0.25, 0.3) is 0 Å². The van der Waals surface area contributed by atoms with E-state index in [-0.39, 0.29) is 24.8 Å². The molecule has 0 saturated carbocycles. The summed E-state index contributed by atoms with van der Waals surface area (Å²) in [4.78, 5) is 14.6. The van der Waals surface area contributed by atoms with E-state index in [0.717, 1.165) is 29.8 Å². The van der Waals surface area contributed by atoms with Crippen LogP contribution in [0.3, 0.4) is 0 Å². The van der Waals surface area contributed by atoms with Gasteiger partial charge in [0.25, 0.3) is 0 Å². The highest BCUT2D eigenvalue weighted by Crippen LogP contribution is 2.39. The van der Waals surface area contributed by atoms with Gasteiger partial charge in [0, 0.05) is 43.9 Å². The smallest absolute Gasteiger partial charge is 0.319 e. The Hall–Kier alpha value is -4.01. The summed E-state index contributed by atoms with van der Waals surface area (Å²) in [6.45, 7) is 4.73. The van der Waals surface area contributed by atoms with Crippen molar-refractivity contribution in [2.45, 2.75) is 51.5 Å². The molecular weight excluding hydrogens is 526 g/mol. The van der Waals surface area contributed by atoms with Crippen LogP contribution in [0.2, 0.25) is 0 Å². The number of rotatable bonds is 11. The van der Waals surface area contributed by atoms with Gasteiger partial charge in [-0.25, -0.2) is 4.79 Å². The number of hydrogen-bond acceptors (Lipinski definition) is 5. The predicted molar refractivity (Wildman–Crippen MR) is 165 cm³/mol. The van der Waals surface area contributed by atoms with Crippen molar-refractivity contribution >= 4 is 11.7 Å². The number of nitrogens with one attached hydrogen (secondary N) is 2. The van der Waals surface area contributed by atoms with Crippen molar-refractivity contribution in [3.05, 3.63) is 137 Å². The number of hydrogen-bond donors (Lipinski definition) is 3. The van der Waals surface area contributed by atoms with Gasteiger partial charge in [-0.15, -0.1) is 0 Å². The Morgan fingerprint density at radius 3 is 2.10 bits per heavy atom. The summed E-state index contributed by atoms with van der Waals surface area (Å²) in [6.07, 6.45) is -0.237. The Morgan fingerprint density at radius 2 is 1.48 bits per heavy atom. The van der Waals surface area contributed by atoms with E-state index < -0.39 is 6.29 Å². The molecule has 2 amide bonds. The highest BCUT2D eigenvalue weighted by molar-refractivity contribution is 5.89. The molecule has 1 aliphatic heterocycles. The summed E-state index contributed by atoms with van der Waals surface area (Å²) in [5.74, 6) is 0. The number of anilines is 1. The van der Waals surface area contributed by atoms with Crippen LogP contribution in [-0.2, 0) is 29.2 Å². The molecule has 7 heteroatoms. The zero-order chi connectivity index (χ0) is 29.1. The quantitative estimate of drug-likeness (QED) is 0.192. The summed E-state index contributed by atoms with van der Waals surface area (Å²) in [7, 11) is 0. The van der Waals surface area contributed by atoms with Gasteiger partial charge in [0.15, 0.2) is 6.29 Å². The maximum atomic E-state index is 12.2. The van der Waals surface area contributed by atoms with Crippen molar-refractivity contribution in [3.63, 3.8) is 0 Å². The highest BCUT2D eigenvalue weighted by Gasteiger charge is 2.33. The molecule has 4 aromatic rings. The third-order valence-corrected chi connectivity index (χ3v) is 7.33. The number of nitrogens with zero attached hydrogens (tertiary/aromatic N) is 1. The third-order valence-electron chi connectivity index (χ3n) is 7.33. The van der Waals surface area contributed by atoms with E-state index in [1.807, 2.05) is 67.6 Å². The zero-order valence-corrected chi connectivity index (χ0v) is 24.0. The molecule has 0 aliphatic carbocycles. The minimum absolute atomic E-state index is 0.000498. The van der Waals surface area contributed by atoms with Gasteiger partial charge in [0.05, 0.1) is 18.8 Å². The number of benzene rings is 4. The van der Waals surface area contributed by atoms with Crippen LogP contribution in [0.15, 0.2) is 109 Å². The van der Waals surface area contributed by atoms with E-state index in [9.17, 15) is 9.90 Å². The molecule has 0 spiro atoms. The normalized spacial score (nSPS) is 18.5. The van der Waals surface area contributed by atoms with Gasteiger partial charge >= 0.3 is 6.03 Å². The lowest BCUT2D eigenvalue weighted by Crippen LogP contribution is -2.39. The van der Waals surface area contributed by atoms with Crippen LogP contribution >= 0.6 is 0 Å². The lowest BCUT2D eigenvalue weighted by atomic mass is 9.99. The average molecular weight is 566 g/mol. The highest BCUT2D eigenvalue weighted by atomic mass is 16.7. The molecule has 1 fully saturated rings. The Bertz CT molecular complexity index is 1360. The summed E-state index contributed by atoms with van der Waals surface area (Å²) >= 11 is 0. The van der Waals surface area contributed by atoms with Crippen molar-refractivity contribution in [2.75, 3.05) is 18.4 Å². The maximum Gasteiger partial charge on any atom is 0.319 e. The van der Waals surface area contributed by atoms with Gasteiger partial charge in [-0.3, -0.25) is 4.90 Å². The SMILES string of the molecule is CCNC(=O)Nc1cccc([C@@H]2O[C@H](CN(Cc3ccccc3)Cc3ccccc3)C[C@H](c3ccc(CO)cc3)O2)c1. The van der Waals surface area contributed by atoms with E-state index in [0.29, 0.717) is 25.2 Å². The Morgan fingerprint density at radius 1 is 0.810 bits per heavy atom. The third kappa shape index (κ3) is 8.27. The molecule has 0 aromatic heterocycles. The molecule has 1 aliphatic rings. The molecule has 0 radical (unpaired) electrons. The molecule has 0 bridgehead atoms. The molecule has 3 atom stereocenters. The Kier molecular flexibility index (Phi) is 10.4. The number of ether oxygens (including phenoxy) is 2. The largest absolute Gasteiger partial charge is 0.392 e. The van der Waals surface area contributed by atoms with Gasteiger partial charge in [-0.05, 0) is 41.3 Å². The number of amides is 2. The van der Waals surface area contributed by atoms with E-state index in [4.69, 9.17) is 9.47 Å². The van der Waals surface area contributed by atoms with Crippen molar-refractivity contribution < 1.29 is 19.4 Å². The molecule has 5 rings (SSSR count). The fourth-order valence-electron chi connectivity index (χ4n) is 5.29. The van der Waals surface area contributed by atoms with Crippen molar-refractivity contribution in [1.29, 1.82) is 0 Å². The standard InChI is InChI=1S/C35H39N3O4/c1-2-36-35(40)37-31-15-9-14-30(20-31)34-41-32(21-33(42-34)29-18-16-28(25-39)17-19-29)24-38(22-26-10-5-3-6-11-26)23-27-12-7-4-8-13-27/h3-20,32-34,39H,2,21-25H2,1H3,(H2,36,37,40)/t32-,33+,34+/m0/s1. The van der Waals surface area contributed by atoms with Crippen molar-refractivity contribution in [3.8, 4) is 0 Å². The molecule has 0 unspecified atom stereocenters. The monoisotopic (exact) mass is 565 g/mol. The van der Waals surface area contributed by atoms with Crippen LogP contribution in [0, 0.1) is 0 Å². The molecule has 7 nitrogen and oxygen atoms in total. The summed E-state index contributed by atoms with van der Waals surface area (Å²) in [6, 6.07) is 36.3. The molecule has 1 saturated heterocycles. The van der Waals surface area contributed by atoms with Gasteiger partial charge in [-0.2, -0.15) is 0 Å². The maximum absolute atomic E-state index is 12.2. The summed E-state index contributed by atoms with van der Waals surface area (Å²) in [5, 5.41) is 15.2. The first kappa shape index (κ1) is 29.5. The first-order valence-corrected chi connectivity index (χ1v) is 14.5. The number of carbonyl (C=O) groups is 1. The summed E-state index contributed by atoms with van der Waals surface area (Å²) < 4.78 is 13.2. The molecule has 218 valence electrons. The Labute approximate surface area is 248 Å². The van der Waals surface area contributed by atoms with Crippen LogP contribution in [0.5, 0.6) is 0 Å². The molecule has 3 N–H and O–H groups in total. The average Bonchev–Trinajstić information content (AvgIpc) is 3.02. The van der Waals surface area contributed by atoms with Crippen LogP contribution in [0.4, 0.5) is 10.5 Å². The molecular formula is C35H39N3O4. The molecule has 42 heavy (non-hydrogen) atoms. The fraction of sp³-hybridized carbons (Fsp3) is 0.286. The van der Waals surface area contributed by atoms with Gasteiger partial charge < -0.3 is 25.2 Å². The predicted octanol–water partition coefficient (Wildman–Crippen LogP) is 6.57. The molecule has 4 aromatic carbocycles. The minimum Gasteiger partial charge on any atom is -0.392 e. The van der Waals surface area contributed by atoms with E-state index in [2.05, 4.69) is 64.1 Å². The molecule has 1 heterocycles. The lowest BCUT2D eigenvalue weighted by molar-refractivity contribution is -0.253. The van der Waals surface area contributed by atoms with E-state index >= 15 is 0 Å².